The van der Waals surface area contributed by atoms with Crippen molar-refractivity contribution in [3.05, 3.63) is 29.8 Å². The van der Waals surface area contributed by atoms with Crippen LogP contribution in [0.3, 0.4) is 0 Å². The molecule has 8 heteroatoms. The van der Waals surface area contributed by atoms with Gasteiger partial charge in [-0.15, -0.1) is 0 Å². The Labute approximate surface area is 147 Å². The number of hydrogen-bond donors (Lipinski definition) is 2. The van der Waals surface area contributed by atoms with Crippen LogP contribution in [0, 0.1) is 5.92 Å². The van der Waals surface area contributed by atoms with Crippen LogP contribution in [0.1, 0.15) is 37.7 Å². The molecule has 2 amide bonds. The van der Waals surface area contributed by atoms with Crippen molar-refractivity contribution in [2.75, 3.05) is 11.9 Å². The molecule has 0 spiro atoms. The smallest absolute Gasteiger partial charge is 0.229 e. The lowest BCUT2D eigenvalue weighted by Crippen LogP contribution is -2.35. The number of sulfonamides is 1. The fraction of sp³-hybridized carbons (Fsp3) is 0.529. The van der Waals surface area contributed by atoms with E-state index in [0.29, 0.717) is 17.8 Å². The summed E-state index contributed by atoms with van der Waals surface area (Å²) in [6.07, 6.45) is 4.56. The van der Waals surface area contributed by atoms with E-state index in [9.17, 15) is 18.0 Å². The second-order valence-corrected chi connectivity index (χ2v) is 8.50. The van der Waals surface area contributed by atoms with Gasteiger partial charge < -0.3 is 10.2 Å². The average molecular weight is 365 g/mol. The Bertz CT molecular complexity index is 772. The van der Waals surface area contributed by atoms with Crippen LogP contribution >= 0.6 is 0 Å². The lowest BCUT2D eigenvalue weighted by Gasteiger charge is -2.23. The van der Waals surface area contributed by atoms with Gasteiger partial charge in [-0.25, -0.2) is 13.6 Å². The van der Waals surface area contributed by atoms with Crippen LogP contribution < -0.4 is 10.5 Å². The van der Waals surface area contributed by atoms with Gasteiger partial charge in [0.05, 0.1) is 11.7 Å². The van der Waals surface area contributed by atoms with Crippen molar-refractivity contribution in [2.24, 2.45) is 11.1 Å². The maximum Gasteiger partial charge on any atom is 0.229 e. The van der Waals surface area contributed by atoms with Crippen LogP contribution in [0.2, 0.25) is 0 Å². The van der Waals surface area contributed by atoms with Crippen molar-refractivity contribution in [1.82, 2.24) is 4.90 Å². The fourth-order valence-electron chi connectivity index (χ4n) is 3.69. The van der Waals surface area contributed by atoms with Crippen LogP contribution in [0.25, 0.3) is 0 Å². The van der Waals surface area contributed by atoms with E-state index in [1.807, 2.05) is 4.90 Å². The monoisotopic (exact) mass is 365 g/mol. The van der Waals surface area contributed by atoms with Gasteiger partial charge in [-0.2, -0.15) is 0 Å². The molecule has 0 aromatic heterocycles. The fourth-order valence-corrected chi connectivity index (χ4v) is 4.34. The minimum atomic E-state index is -3.63. The number of primary sulfonamides is 1. The van der Waals surface area contributed by atoms with Gasteiger partial charge in [-0.05, 0) is 30.5 Å². The molecular formula is C17H23N3O4S. The molecule has 0 radical (unpaired) electrons. The maximum atomic E-state index is 12.5. The second-order valence-electron chi connectivity index (χ2n) is 6.88. The first kappa shape index (κ1) is 17.9. The molecule has 1 aromatic rings. The normalized spacial score (nSPS) is 21.7. The van der Waals surface area contributed by atoms with E-state index in [1.54, 1.807) is 24.3 Å². The highest BCUT2D eigenvalue weighted by atomic mass is 32.2. The Kier molecular flexibility index (Phi) is 5.10. The van der Waals surface area contributed by atoms with Gasteiger partial charge in [0.2, 0.25) is 21.8 Å². The van der Waals surface area contributed by atoms with Crippen LogP contribution in [0.4, 0.5) is 5.69 Å². The number of nitrogens with two attached hydrogens (primary N) is 1. The summed E-state index contributed by atoms with van der Waals surface area (Å²) in [5, 5.41) is 7.84. The summed E-state index contributed by atoms with van der Waals surface area (Å²) in [7, 11) is -3.63. The molecule has 1 saturated carbocycles. The Hall–Kier alpha value is -1.93. The predicted molar refractivity (Wildman–Crippen MR) is 94.0 cm³/mol. The molecule has 1 saturated heterocycles. The van der Waals surface area contributed by atoms with Crippen LogP contribution in [-0.4, -0.2) is 37.7 Å². The molecular weight excluding hydrogens is 342 g/mol. The van der Waals surface area contributed by atoms with Gasteiger partial charge >= 0.3 is 0 Å². The first-order chi connectivity index (χ1) is 11.8. The Morgan fingerprint density at radius 3 is 2.68 bits per heavy atom. The number of amides is 2. The predicted octanol–water partition coefficient (Wildman–Crippen LogP) is 1.20. The number of nitrogens with one attached hydrogen (secondary N) is 1. The first-order valence-corrected chi connectivity index (χ1v) is 10.2. The highest BCUT2D eigenvalue weighted by Crippen LogP contribution is 2.30. The summed E-state index contributed by atoms with van der Waals surface area (Å²) in [5.41, 5.74) is 1.02. The van der Waals surface area contributed by atoms with E-state index in [4.69, 9.17) is 5.14 Å². The summed E-state index contributed by atoms with van der Waals surface area (Å²) in [5.74, 6) is -0.805. The number of rotatable bonds is 5. The van der Waals surface area contributed by atoms with Gasteiger partial charge in [-0.3, -0.25) is 9.59 Å². The standard InChI is InChI=1S/C17H23N3O4S/c18-25(23,24)11-12-4-3-5-14(8-12)19-17(22)13-9-16(21)20(10-13)15-6-1-2-7-15/h3-5,8,13,15H,1-2,6-7,9-11H2,(H,19,22)(H2,18,23,24). The molecule has 1 aromatic carbocycles. The van der Waals surface area contributed by atoms with Crippen LogP contribution in [0.15, 0.2) is 24.3 Å². The number of hydrogen-bond acceptors (Lipinski definition) is 4. The first-order valence-electron chi connectivity index (χ1n) is 8.51. The molecule has 1 unspecified atom stereocenters. The summed E-state index contributed by atoms with van der Waals surface area (Å²) < 4.78 is 22.4. The number of benzene rings is 1. The Balaban J connectivity index is 1.63. The second kappa shape index (κ2) is 7.13. The van der Waals surface area contributed by atoms with Gasteiger partial charge in [0.25, 0.3) is 0 Å². The molecule has 136 valence electrons. The maximum absolute atomic E-state index is 12.5. The zero-order valence-electron chi connectivity index (χ0n) is 14.0. The van der Waals surface area contributed by atoms with E-state index >= 15 is 0 Å². The zero-order valence-corrected chi connectivity index (χ0v) is 14.8. The number of nitrogens with zero attached hydrogens (tertiary/aromatic N) is 1. The zero-order chi connectivity index (χ0) is 18.0. The highest BCUT2D eigenvalue weighted by Gasteiger charge is 2.38. The molecule has 1 aliphatic carbocycles. The van der Waals surface area contributed by atoms with Crippen molar-refractivity contribution in [3.8, 4) is 0 Å². The molecule has 3 rings (SSSR count). The lowest BCUT2D eigenvalue weighted by atomic mass is 10.1. The van der Waals surface area contributed by atoms with Crippen molar-refractivity contribution >= 4 is 27.5 Å². The summed E-state index contributed by atoms with van der Waals surface area (Å²) >= 11 is 0. The third kappa shape index (κ3) is 4.58. The molecule has 2 aliphatic rings. The SMILES string of the molecule is NS(=O)(=O)Cc1cccc(NC(=O)C2CC(=O)N(C3CCCC3)C2)c1. The van der Waals surface area contributed by atoms with Gasteiger partial charge in [0, 0.05) is 24.7 Å². The quantitative estimate of drug-likeness (QED) is 0.817. The number of likely N-dealkylation sites (tertiary alicyclic amines) is 1. The number of anilines is 1. The molecule has 2 fully saturated rings. The van der Waals surface area contributed by atoms with Crippen molar-refractivity contribution < 1.29 is 18.0 Å². The molecule has 7 nitrogen and oxygen atoms in total. The Morgan fingerprint density at radius 1 is 1.28 bits per heavy atom. The van der Waals surface area contributed by atoms with Crippen LogP contribution in [0.5, 0.6) is 0 Å². The number of carbonyl (C=O) groups excluding carboxylic acids is 2. The minimum absolute atomic E-state index is 0.0509. The third-order valence-electron chi connectivity index (χ3n) is 4.86. The number of carbonyl (C=O) groups is 2. The highest BCUT2D eigenvalue weighted by molar-refractivity contribution is 7.88. The molecule has 1 aliphatic heterocycles. The summed E-state index contributed by atoms with van der Waals surface area (Å²) in [6, 6.07) is 6.87. The van der Waals surface area contributed by atoms with Gasteiger partial charge in [0.1, 0.15) is 0 Å². The van der Waals surface area contributed by atoms with Crippen molar-refractivity contribution in [1.29, 1.82) is 0 Å². The topological polar surface area (TPSA) is 110 Å². The summed E-state index contributed by atoms with van der Waals surface area (Å²) in [6.45, 7) is 0.464. The van der Waals surface area contributed by atoms with Crippen LogP contribution in [-0.2, 0) is 25.4 Å². The molecule has 0 bridgehead atoms. The molecule has 25 heavy (non-hydrogen) atoms. The Morgan fingerprint density at radius 2 is 2.00 bits per heavy atom. The van der Waals surface area contributed by atoms with Crippen molar-refractivity contribution in [3.63, 3.8) is 0 Å². The summed E-state index contributed by atoms with van der Waals surface area (Å²) in [4.78, 5) is 26.5. The molecule has 3 N–H and O–H groups in total. The molecule has 1 atom stereocenters. The van der Waals surface area contributed by atoms with E-state index < -0.39 is 10.0 Å². The van der Waals surface area contributed by atoms with Crippen molar-refractivity contribution in [2.45, 2.75) is 43.9 Å². The largest absolute Gasteiger partial charge is 0.339 e. The minimum Gasteiger partial charge on any atom is -0.339 e. The molecule has 1 heterocycles. The van der Waals surface area contributed by atoms with E-state index in [1.165, 1.54) is 0 Å². The van der Waals surface area contributed by atoms with E-state index in [2.05, 4.69) is 5.32 Å². The lowest BCUT2D eigenvalue weighted by molar-refractivity contribution is -0.129. The van der Waals surface area contributed by atoms with E-state index in [0.717, 1.165) is 25.7 Å². The van der Waals surface area contributed by atoms with Gasteiger partial charge in [0.15, 0.2) is 0 Å². The average Bonchev–Trinajstić information content (AvgIpc) is 3.14. The van der Waals surface area contributed by atoms with Gasteiger partial charge in [-0.1, -0.05) is 25.0 Å². The third-order valence-corrected chi connectivity index (χ3v) is 5.59. The van der Waals surface area contributed by atoms with E-state index in [-0.39, 0.29) is 35.9 Å².